The molecule has 0 bridgehead atoms. The Hall–Kier alpha value is -1.36. The molecule has 13 heavy (non-hydrogen) atoms. The summed E-state index contributed by atoms with van der Waals surface area (Å²) < 4.78 is 24.2. The summed E-state index contributed by atoms with van der Waals surface area (Å²) >= 11 is 0. The van der Waals surface area contributed by atoms with Crippen LogP contribution in [0, 0.1) is 0 Å². The molecule has 0 spiro atoms. The van der Waals surface area contributed by atoms with Crippen molar-refractivity contribution in [2.24, 2.45) is 0 Å². The second-order valence-electron chi connectivity index (χ2n) is 2.43. The molecule has 0 aliphatic carbocycles. The van der Waals surface area contributed by atoms with Crippen molar-refractivity contribution in [3.63, 3.8) is 0 Å². The normalized spacial score (nSPS) is 17.1. The van der Waals surface area contributed by atoms with Gasteiger partial charge >= 0.3 is 0 Å². The smallest absolute Gasteiger partial charge is 0.266 e. The fourth-order valence-electron chi connectivity index (χ4n) is 1.12. The second-order valence-corrected chi connectivity index (χ2v) is 4.08. The van der Waals surface area contributed by atoms with Gasteiger partial charge in [-0.05, 0) is 12.1 Å². The zero-order valence-electron chi connectivity index (χ0n) is 5.94. The molecule has 1 aliphatic rings. The van der Waals surface area contributed by atoms with E-state index in [1.54, 1.807) is 12.1 Å². The Labute approximate surface area is 76.6 Å². The van der Waals surface area contributed by atoms with Gasteiger partial charge in [0.15, 0.2) is 0 Å². The second kappa shape index (κ2) is 2.85. The highest BCUT2D eigenvalue weighted by Crippen LogP contribution is 2.20. The highest BCUT2D eigenvalue weighted by atomic mass is 32.2. The van der Waals surface area contributed by atoms with Crippen molar-refractivity contribution in [1.29, 1.82) is 0 Å². The molecule has 0 unspecified atom stereocenters. The van der Waals surface area contributed by atoms with Crippen molar-refractivity contribution in [2.75, 3.05) is 0 Å². The molecule has 0 radical (unpaired) electrons. The quantitative estimate of drug-likeness (QED) is 0.670. The van der Waals surface area contributed by atoms with Crippen LogP contribution in [0.1, 0.15) is 17.8 Å². The fraction of sp³-hybridized carbons (Fsp3) is 0.125. The lowest BCUT2D eigenvalue weighted by atomic mass is 10.2. The number of fused-ring (bicyclic) bond motifs is 1. The molecule has 1 heterocycles. The minimum atomic E-state index is -3.55. The van der Waals surface area contributed by atoms with Crippen LogP contribution in [0.25, 0.3) is 0 Å². The molecule has 1 amide bonds. The number of carbonyl (C=O) groups is 1. The number of hydrogen-bond acceptors (Lipinski definition) is 3. The molecule has 70 valence electrons. The number of nitrogens with one attached hydrogen (secondary N) is 1. The summed E-state index contributed by atoms with van der Waals surface area (Å²) in [4.78, 5) is 11.1. The summed E-state index contributed by atoms with van der Waals surface area (Å²) in [7, 11) is -3.55. The first-order chi connectivity index (χ1) is 5.61. The molecule has 1 N–H and O–H groups in total. The van der Waals surface area contributed by atoms with E-state index in [1.807, 2.05) is 4.72 Å². The number of rotatable bonds is 0. The topological polar surface area (TPSA) is 63.2 Å². The lowest BCUT2D eigenvalue weighted by Gasteiger charge is -1.91. The average Bonchev–Trinajstić information content (AvgIpc) is 2.25. The Bertz CT molecular complexity index is 450. The summed E-state index contributed by atoms with van der Waals surface area (Å²) in [5, 5.41) is 0. The minimum absolute atomic E-state index is 0. The standard InChI is InChI=1S/C7H5NO3S.CH4/c9-7-5-3-1-2-4-6(5)12(10,11)8-7;/h1-4H,(H,8,9);1H4. The average molecular weight is 199 g/mol. The van der Waals surface area contributed by atoms with E-state index in [-0.39, 0.29) is 17.9 Å². The molecule has 0 atom stereocenters. The van der Waals surface area contributed by atoms with Crippen LogP contribution in [0.5, 0.6) is 0 Å². The maximum atomic E-state index is 11.1. The highest BCUT2D eigenvalue weighted by molar-refractivity contribution is 7.90. The van der Waals surface area contributed by atoms with E-state index < -0.39 is 15.9 Å². The van der Waals surface area contributed by atoms with Crippen molar-refractivity contribution >= 4 is 15.9 Å². The molecule has 0 saturated carbocycles. The van der Waals surface area contributed by atoms with Gasteiger partial charge in [0.1, 0.15) is 4.90 Å². The van der Waals surface area contributed by atoms with Crippen LogP contribution in [0.15, 0.2) is 29.2 Å². The summed E-state index contributed by atoms with van der Waals surface area (Å²) in [5.41, 5.74) is 0.220. The van der Waals surface area contributed by atoms with E-state index in [0.29, 0.717) is 0 Å². The van der Waals surface area contributed by atoms with Crippen molar-refractivity contribution in [2.45, 2.75) is 12.3 Å². The molecule has 0 fully saturated rings. The molecule has 0 aromatic heterocycles. The Morgan fingerprint density at radius 3 is 2.38 bits per heavy atom. The fourth-order valence-corrected chi connectivity index (χ4v) is 2.29. The van der Waals surface area contributed by atoms with Gasteiger partial charge in [0.25, 0.3) is 15.9 Å². The summed E-state index contributed by atoms with van der Waals surface area (Å²) in [6.45, 7) is 0. The van der Waals surface area contributed by atoms with Crippen LogP contribution >= 0.6 is 0 Å². The SMILES string of the molecule is C.O=C1NS(=O)(=O)c2ccccc21. The van der Waals surface area contributed by atoms with Crippen molar-refractivity contribution < 1.29 is 13.2 Å². The molecular weight excluding hydrogens is 190 g/mol. The van der Waals surface area contributed by atoms with Gasteiger partial charge in [-0.15, -0.1) is 0 Å². The van der Waals surface area contributed by atoms with Crippen molar-refractivity contribution in [1.82, 2.24) is 4.72 Å². The number of hydrogen-bond donors (Lipinski definition) is 1. The molecular formula is C8H9NO3S. The Morgan fingerprint density at radius 2 is 1.77 bits per heavy atom. The van der Waals surface area contributed by atoms with Crippen LogP contribution in [0.2, 0.25) is 0 Å². The number of sulfonamides is 1. The van der Waals surface area contributed by atoms with Crippen LogP contribution in [-0.2, 0) is 10.0 Å². The Balaban J connectivity index is 0.000000845. The lowest BCUT2D eigenvalue weighted by Crippen LogP contribution is -2.20. The van der Waals surface area contributed by atoms with E-state index in [1.165, 1.54) is 12.1 Å². The van der Waals surface area contributed by atoms with E-state index in [9.17, 15) is 13.2 Å². The maximum absolute atomic E-state index is 11.1. The summed E-state index contributed by atoms with van der Waals surface area (Å²) in [5.74, 6) is -0.550. The molecule has 1 aliphatic heterocycles. The van der Waals surface area contributed by atoms with E-state index in [0.717, 1.165) is 0 Å². The predicted molar refractivity (Wildman–Crippen MR) is 47.8 cm³/mol. The monoisotopic (exact) mass is 199 g/mol. The van der Waals surface area contributed by atoms with Crippen LogP contribution < -0.4 is 4.72 Å². The summed E-state index contributed by atoms with van der Waals surface area (Å²) in [6.07, 6.45) is 0. The molecule has 1 aromatic carbocycles. The minimum Gasteiger partial charge on any atom is -0.268 e. The Morgan fingerprint density at radius 1 is 1.15 bits per heavy atom. The maximum Gasteiger partial charge on any atom is 0.266 e. The van der Waals surface area contributed by atoms with Gasteiger partial charge in [-0.25, -0.2) is 13.1 Å². The van der Waals surface area contributed by atoms with E-state index in [2.05, 4.69) is 0 Å². The van der Waals surface area contributed by atoms with Crippen LogP contribution in [0.4, 0.5) is 0 Å². The van der Waals surface area contributed by atoms with Crippen LogP contribution in [-0.4, -0.2) is 14.3 Å². The largest absolute Gasteiger partial charge is 0.268 e. The molecule has 4 nitrogen and oxygen atoms in total. The predicted octanol–water partition coefficient (Wildman–Crippen LogP) is 0.755. The van der Waals surface area contributed by atoms with Gasteiger partial charge in [0, 0.05) is 0 Å². The molecule has 1 aromatic rings. The first-order valence-electron chi connectivity index (χ1n) is 3.27. The Kier molecular flexibility index (Phi) is 2.13. The first kappa shape index (κ1) is 9.73. The van der Waals surface area contributed by atoms with Crippen molar-refractivity contribution in [3.8, 4) is 0 Å². The zero-order valence-corrected chi connectivity index (χ0v) is 6.76. The first-order valence-corrected chi connectivity index (χ1v) is 4.76. The number of carbonyl (C=O) groups excluding carboxylic acids is 1. The third-order valence-electron chi connectivity index (χ3n) is 1.65. The lowest BCUT2D eigenvalue weighted by molar-refractivity contribution is 0.0985. The number of amides is 1. The van der Waals surface area contributed by atoms with Crippen LogP contribution in [0.3, 0.4) is 0 Å². The number of benzene rings is 1. The van der Waals surface area contributed by atoms with Gasteiger partial charge in [0.05, 0.1) is 5.56 Å². The summed E-state index contributed by atoms with van der Waals surface area (Å²) in [6, 6.07) is 6.09. The highest BCUT2D eigenvalue weighted by Gasteiger charge is 2.31. The molecule has 0 saturated heterocycles. The molecule has 5 heteroatoms. The molecule has 2 rings (SSSR count). The third-order valence-corrected chi connectivity index (χ3v) is 3.04. The van der Waals surface area contributed by atoms with Gasteiger partial charge in [0.2, 0.25) is 0 Å². The third kappa shape index (κ3) is 1.31. The van der Waals surface area contributed by atoms with Gasteiger partial charge in [-0.3, -0.25) is 4.79 Å². The van der Waals surface area contributed by atoms with E-state index in [4.69, 9.17) is 0 Å². The van der Waals surface area contributed by atoms with Gasteiger partial charge in [-0.2, -0.15) is 0 Å². The van der Waals surface area contributed by atoms with Crippen molar-refractivity contribution in [3.05, 3.63) is 29.8 Å². The zero-order chi connectivity index (χ0) is 8.77. The van der Waals surface area contributed by atoms with Gasteiger partial charge in [-0.1, -0.05) is 19.6 Å². The van der Waals surface area contributed by atoms with Gasteiger partial charge < -0.3 is 0 Å². The van der Waals surface area contributed by atoms with E-state index >= 15 is 0 Å².